The lowest BCUT2D eigenvalue weighted by molar-refractivity contribution is 0.276. The van der Waals surface area contributed by atoms with Crippen molar-refractivity contribution in [2.24, 2.45) is 0 Å². The number of aromatic nitrogens is 4. The second-order valence-corrected chi connectivity index (χ2v) is 4.88. The highest BCUT2D eigenvalue weighted by Crippen LogP contribution is 2.21. The number of anilines is 1. The van der Waals surface area contributed by atoms with Gasteiger partial charge in [-0.05, 0) is 17.7 Å². The molecule has 0 spiro atoms. The molecule has 0 radical (unpaired) electrons. The van der Waals surface area contributed by atoms with Gasteiger partial charge in [0.1, 0.15) is 30.0 Å². The molecule has 7 heteroatoms. The second-order valence-electron chi connectivity index (χ2n) is 4.88. The van der Waals surface area contributed by atoms with Crippen molar-refractivity contribution in [1.82, 2.24) is 19.5 Å². The van der Waals surface area contributed by atoms with Gasteiger partial charge in [-0.25, -0.2) is 15.0 Å². The minimum atomic E-state index is -0.272. The smallest absolute Gasteiger partial charge is 0.143 e. The predicted molar refractivity (Wildman–Crippen MR) is 85.6 cm³/mol. The molecule has 0 unspecified atom stereocenters. The van der Waals surface area contributed by atoms with Crippen LogP contribution in [0.1, 0.15) is 11.6 Å². The van der Waals surface area contributed by atoms with E-state index in [1.165, 1.54) is 6.33 Å². The van der Waals surface area contributed by atoms with Crippen molar-refractivity contribution in [2.45, 2.75) is 6.04 Å². The molecule has 1 atom stereocenters. The molecule has 0 aliphatic rings. The van der Waals surface area contributed by atoms with Gasteiger partial charge < -0.3 is 15.2 Å². The van der Waals surface area contributed by atoms with Crippen LogP contribution in [0, 0.1) is 0 Å². The van der Waals surface area contributed by atoms with Gasteiger partial charge in [0.25, 0.3) is 0 Å². The molecule has 0 saturated heterocycles. The van der Waals surface area contributed by atoms with Gasteiger partial charge in [-0.3, -0.25) is 4.57 Å². The highest BCUT2D eigenvalue weighted by molar-refractivity contribution is 5.43. The number of benzene rings is 1. The SMILES string of the molecule is COc1ccc([C@@H](CO)Nc2cc(-n3ccnc3)ncn2)cc1. The summed E-state index contributed by atoms with van der Waals surface area (Å²) >= 11 is 0. The largest absolute Gasteiger partial charge is 0.497 e. The van der Waals surface area contributed by atoms with Crippen LogP contribution in [0.4, 0.5) is 5.82 Å². The number of rotatable bonds is 6. The quantitative estimate of drug-likeness (QED) is 0.722. The first kappa shape index (κ1) is 15.0. The fourth-order valence-corrected chi connectivity index (χ4v) is 2.21. The number of hydrogen-bond acceptors (Lipinski definition) is 6. The standard InChI is InChI=1S/C16H17N5O2/c1-23-13-4-2-12(3-5-13)14(9-22)20-15-8-16(19-10-18-15)21-7-6-17-11-21/h2-8,10-11,14,22H,9H2,1H3,(H,18,19,20)/t14-/m1/s1. The third-order valence-electron chi connectivity index (χ3n) is 3.44. The van der Waals surface area contributed by atoms with Crippen molar-refractivity contribution in [3.05, 3.63) is 60.9 Å². The summed E-state index contributed by atoms with van der Waals surface area (Å²) in [6.45, 7) is -0.0588. The fraction of sp³-hybridized carbons (Fsp3) is 0.188. The summed E-state index contributed by atoms with van der Waals surface area (Å²) in [5, 5.41) is 12.9. The Morgan fingerprint density at radius 1 is 1.26 bits per heavy atom. The molecule has 0 amide bonds. The molecule has 7 nitrogen and oxygen atoms in total. The number of imidazole rings is 1. The highest BCUT2D eigenvalue weighted by Gasteiger charge is 2.12. The summed E-state index contributed by atoms with van der Waals surface area (Å²) in [7, 11) is 1.62. The van der Waals surface area contributed by atoms with E-state index in [0.717, 1.165) is 11.3 Å². The summed E-state index contributed by atoms with van der Waals surface area (Å²) < 4.78 is 6.93. The first-order chi connectivity index (χ1) is 11.3. The Morgan fingerprint density at radius 2 is 2.09 bits per heavy atom. The lowest BCUT2D eigenvalue weighted by Crippen LogP contribution is -2.16. The molecular weight excluding hydrogens is 294 g/mol. The Hall–Kier alpha value is -2.93. The van der Waals surface area contributed by atoms with Crippen LogP contribution in [0.15, 0.2) is 55.4 Å². The van der Waals surface area contributed by atoms with Gasteiger partial charge in [0.2, 0.25) is 0 Å². The van der Waals surface area contributed by atoms with Crippen molar-refractivity contribution in [2.75, 3.05) is 19.0 Å². The molecule has 0 aliphatic carbocycles. The molecule has 0 aliphatic heterocycles. The molecule has 0 fully saturated rings. The zero-order chi connectivity index (χ0) is 16.1. The van der Waals surface area contributed by atoms with Crippen molar-refractivity contribution < 1.29 is 9.84 Å². The second kappa shape index (κ2) is 6.89. The van der Waals surface area contributed by atoms with Crippen LogP contribution in [0.2, 0.25) is 0 Å². The molecule has 3 rings (SSSR count). The van der Waals surface area contributed by atoms with E-state index in [1.807, 2.05) is 24.3 Å². The van der Waals surface area contributed by atoms with Crippen molar-refractivity contribution in [3.8, 4) is 11.6 Å². The van der Waals surface area contributed by atoms with E-state index in [0.29, 0.717) is 11.6 Å². The number of nitrogens with one attached hydrogen (secondary N) is 1. The number of hydrogen-bond donors (Lipinski definition) is 2. The summed E-state index contributed by atoms with van der Waals surface area (Å²) in [6.07, 6.45) is 6.63. The van der Waals surface area contributed by atoms with E-state index >= 15 is 0 Å². The van der Waals surface area contributed by atoms with Crippen molar-refractivity contribution >= 4 is 5.82 Å². The van der Waals surface area contributed by atoms with E-state index in [9.17, 15) is 5.11 Å². The Balaban J connectivity index is 1.80. The summed E-state index contributed by atoms with van der Waals surface area (Å²) in [6, 6.07) is 9.06. The first-order valence-electron chi connectivity index (χ1n) is 7.12. The van der Waals surface area contributed by atoms with Crippen LogP contribution in [0.5, 0.6) is 5.75 Å². The molecule has 2 N–H and O–H groups in total. The highest BCUT2D eigenvalue weighted by atomic mass is 16.5. The van der Waals surface area contributed by atoms with Crippen LogP contribution in [0.25, 0.3) is 5.82 Å². The van der Waals surface area contributed by atoms with Gasteiger partial charge >= 0.3 is 0 Å². The maximum Gasteiger partial charge on any atom is 0.143 e. The zero-order valence-corrected chi connectivity index (χ0v) is 12.6. The molecule has 1 aromatic carbocycles. The summed E-state index contributed by atoms with van der Waals surface area (Å²) in [4.78, 5) is 12.4. The van der Waals surface area contributed by atoms with Crippen LogP contribution in [-0.2, 0) is 0 Å². The van der Waals surface area contributed by atoms with Gasteiger partial charge in [0.05, 0.1) is 19.8 Å². The topological polar surface area (TPSA) is 85.1 Å². The van der Waals surface area contributed by atoms with Crippen LogP contribution >= 0.6 is 0 Å². The Morgan fingerprint density at radius 3 is 2.74 bits per heavy atom. The molecule has 0 bridgehead atoms. The summed E-state index contributed by atoms with van der Waals surface area (Å²) in [5.41, 5.74) is 0.941. The van der Waals surface area contributed by atoms with Gasteiger partial charge in [0, 0.05) is 18.5 Å². The Kier molecular flexibility index (Phi) is 4.49. The van der Waals surface area contributed by atoms with Crippen LogP contribution < -0.4 is 10.1 Å². The van der Waals surface area contributed by atoms with E-state index in [2.05, 4.69) is 20.3 Å². The molecule has 23 heavy (non-hydrogen) atoms. The van der Waals surface area contributed by atoms with E-state index in [4.69, 9.17) is 4.74 Å². The number of aliphatic hydroxyl groups excluding tert-OH is 1. The first-order valence-corrected chi connectivity index (χ1v) is 7.12. The third kappa shape index (κ3) is 3.46. The molecule has 3 aromatic rings. The Bertz CT molecular complexity index is 743. The van der Waals surface area contributed by atoms with Crippen LogP contribution in [-0.4, -0.2) is 38.3 Å². The van der Waals surface area contributed by atoms with E-state index in [1.54, 1.807) is 36.5 Å². The number of methoxy groups -OCH3 is 1. The maximum atomic E-state index is 9.67. The number of aliphatic hydroxyl groups is 1. The van der Waals surface area contributed by atoms with Crippen molar-refractivity contribution in [1.29, 1.82) is 0 Å². The lowest BCUT2D eigenvalue weighted by atomic mass is 10.1. The van der Waals surface area contributed by atoms with Crippen LogP contribution in [0.3, 0.4) is 0 Å². The lowest BCUT2D eigenvalue weighted by Gasteiger charge is -2.18. The molecule has 0 saturated carbocycles. The Labute approximate surface area is 133 Å². The molecular formula is C16H17N5O2. The minimum absolute atomic E-state index is 0.0588. The predicted octanol–water partition coefficient (Wildman–Crippen LogP) is 1.82. The van der Waals surface area contributed by atoms with Gasteiger partial charge in [-0.1, -0.05) is 12.1 Å². The normalized spacial score (nSPS) is 11.9. The molecule has 118 valence electrons. The monoisotopic (exact) mass is 311 g/mol. The fourth-order valence-electron chi connectivity index (χ4n) is 2.21. The maximum absolute atomic E-state index is 9.67. The third-order valence-corrected chi connectivity index (χ3v) is 3.44. The van der Waals surface area contributed by atoms with E-state index in [-0.39, 0.29) is 12.6 Å². The number of nitrogens with zero attached hydrogens (tertiary/aromatic N) is 4. The average molecular weight is 311 g/mol. The average Bonchev–Trinajstić information content (AvgIpc) is 3.15. The molecule has 2 heterocycles. The minimum Gasteiger partial charge on any atom is -0.497 e. The van der Waals surface area contributed by atoms with E-state index < -0.39 is 0 Å². The van der Waals surface area contributed by atoms with Gasteiger partial charge in [0.15, 0.2) is 0 Å². The summed E-state index contributed by atoms with van der Waals surface area (Å²) in [5.74, 6) is 2.10. The van der Waals surface area contributed by atoms with Gasteiger partial charge in [-0.2, -0.15) is 0 Å². The van der Waals surface area contributed by atoms with Gasteiger partial charge in [-0.15, -0.1) is 0 Å². The number of ether oxygens (including phenoxy) is 1. The molecule has 2 aromatic heterocycles. The zero-order valence-electron chi connectivity index (χ0n) is 12.6. The van der Waals surface area contributed by atoms with Crippen molar-refractivity contribution in [3.63, 3.8) is 0 Å².